The number of carbonyl (C=O) groups excluding carboxylic acids is 2. The van der Waals surface area contributed by atoms with Gasteiger partial charge in [0.1, 0.15) is 0 Å². The van der Waals surface area contributed by atoms with E-state index in [9.17, 15) is 9.59 Å². The molecule has 0 aromatic rings. The molecule has 3 nitrogen and oxygen atoms in total. The van der Waals surface area contributed by atoms with Crippen molar-refractivity contribution >= 4 is 11.9 Å². The minimum atomic E-state index is -0.345. The number of cyclic esters (lactones) is 2. The van der Waals surface area contributed by atoms with Crippen LogP contribution in [0.3, 0.4) is 0 Å². The van der Waals surface area contributed by atoms with Crippen LogP contribution in [0.4, 0.5) is 0 Å². The first-order chi connectivity index (χ1) is 9.24. The summed E-state index contributed by atoms with van der Waals surface area (Å²) in [5.74, 6) is -0.801. The molecule has 0 spiro atoms. The van der Waals surface area contributed by atoms with Crippen molar-refractivity contribution in [2.24, 2.45) is 5.92 Å². The van der Waals surface area contributed by atoms with E-state index in [1.54, 1.807) is 0 Å². The molecule has 1 heterocycles. The third kappa shape index (κ3) is 7.34. The van der Waals surface area contributed by atoms with Crippen LogP contribution in [0, 0.1) is 5.92 Å². The molecule has 0 aliphatic carbocycles. The zero-order chi connectivity index (χ0) is 13.9. The Bertz CT molecular complexity index is 273. The number of ether oxygens (including phenoxy) is 1. The summed E-state index contributed by atoms with van der Waals surface area (Å²) in [6, 6.07) is 0. The first-order valence-corrected chi connectivity index (χ1v) is 7.98. The lowest BCUT2D eigenvalue weighted by Gasteiger charge is -2.04. The van der Waals surface area contributed by atoms with Crippen LogP contribution in [0.1, 0.15) is 84.0 Å². The highest BCUT2D eigenvalue weighted by Gasteiger charge is 2.32. The molecule has 1 aliphatic heterocycles. The van der Waals surface area contributed by atoms with Crippen molar-refractivity contribution in [2.45, 2.75) is 84.0 Å². The molecule has 0 aromatic heterocycles. The van der Waals surface area contributed by atoms with Gasteiger partial charge in [-0.05, 0) is 6.42 Å². The molecule has 0 saturated carbocycles. The maximum Gasteiger partial charge on any atom is 0.317 e. The number of rotatable bonds is 11. The van der Waals surface area contributed by atoms with Crippen molar-refractivity contribution in [3.63, 3.8) is 0 Å². The van der Waals surface area contributed by atoms with Crippen LogP contribution in [0.2, 0.25) is 0 Å². The molecule has 19 heavy (non-hydrogen) atoms. The Morgan fingerprint density at radius 3 is 1.89 bits per heavy atom. The molecule has 0 aromatic carbocycles. The zero-order valence-electron chi connectivity index (χ0n) is 12.3. The third-order valence-electron chi connectivity index (χ3n) is 3.87. The maximum absolute atomic E-state index is 11.2. The van der Waals surface area contributed by atoms with E-state index < -0.39 is 0 Å². The minimum absolute atomic E-state index is 0.151. The van der Waals surface area contributed by atoms with Crippen LogP contribution in [0.25, 0.3) is 0 Å². The summed E-state index contributed by atoms with van der Waals surface area (Å²) in [6.45, 7) is 2.24. The van der Waals surface area contributed by atoms with E-state index in [1.165, 1.54) is 57.8 Å². The van der Waals surface area contributed by atoms with E-state index >= 15 is 0 Å². The normalized spacial score (nSPS) is 18.9. The van der Waals surface area contributed by atoms with Crippen LogP contribution in [-0.2, 0) is 14.3 Å². The summed E-state index contributed by atoms with van der Waals surface area (Å²) in [5, 5.41) is 0. The van der Waals surface area contributed by atoms with E-state index in [4.69, 9.17) is 0 Å². The van der Waals surface area contributed by atoms with E-state index in [0.29, 0.717) is 6.42 Å². The SMILES string of the molecule is CCCCCCCCCCCC[C@@H]1CC(=O)OC1=O. The highest BCUT2D eigenvalue weighted by atomic mass is 16.6. The van der Waals surface area contributed by atoms with Crippen LogP contribution in [-0.4, -0.2) is 11.9 Å². The van der Waals surface area contributed by atoms with Crippen molar-refractivity contribution in [1.82, 2.24) is 0 Å². The highest BCUT2D eigenvalue weighted by Crippen LogP contribution is 2.22. The second-order valence-corrected chi connectivity index (χ2v) is 5.66. The molecular formula is C16H28O3. The van der Waals surface area contributed by atoms with Gasteiger partial charge in [-0.25, -0.2) is 0 Å². The first-order valence-electron chi connectivity index (χ1n) is 7.98. The molecule has 0 bridgehead atoms. The Hall–Kier alpha value is -0.860. The quantitative estimate of drug-likeness (QED) is 0.317. The highest BCUT2D eigenvalue weighted by molar-refractivity contribution is 5.94. The largest absolute Gasteiger partial charge is 0.393 e. The van der Waals surface area contributed by atoms with E-state index in [-0.39, 0.29) is 17.9 Å². The number of hydrogen-bond donors (Lipinski definition) is 0. The fraction of sp³-hybridized carbons (Fsp3) is 0.875. The van der Waals surface area contributed by atoms with Gasteiger partial charge in [0.05, 0.1) is 12.3 Å². The Labute approximate surface area is 117 Å². The minimum Gasteiger partial charge on any atom is -0.393 e. The Kier molecular flexibility index (Phi) is 8.52. The molecule has 110 valence electrons. The average molecular weight is 268 g/mol. The van der Waals surface area contributed by atoms with Gasteiger partial charge in [-0.15, -0.1) is 0 Å². The van der Waals surface area contributed by atoms with Crippen LogP contribution >= 0.6 is 0 Å². The molecule has 0 amide bonds. The monoisotopic (exact) mass is 268 g/mol. The lowest BCUT2D eigenvalue weighted by molar-refractivity contribution is -0.153. The van der Waals surface area contributed by atoms with Crippen LogP contribution in [0.15, 0.2) is 0 Å². The molecule has 1 rings (SSSR count). The number of unbranched alkanes of at least 4 members (excludes halogenated alkanes) is 9. The maximum atomic E-state index is 11.2. The molecule has 0 N–H and O–H groups in total. The van der Waals surface area contributed by atoms with E-state index in [1.807, 2.05) is 0 Å². The average Bonchev–Trinajstić information content (AvgIpc) is 2.70. The van der Waals surface area contributed by atoms with Gasteiger partial charge in [0.15, 0.2) is 0 Å². The van der Waals surface area contributed by atoms with Gasteiger partial charge in [0, 0.05) is 0 Å². The van der Waals surface area contributed by atoms with Gasteiger partial charge >= 0.3 is 11.9 Å². The zero-order valence-corrected chi connectivity index (χ0v) is 12.3. The number of esters is 2. The number of hydrogen-bond acceptors (Lipinski definition) is 3. The molecule has 1 saturated heterocycles. The molecule has 3 heteroatoms. The van der Waals surface area contributed by atoms with Gasteiger partial charge in [-0.2, -0.15) is 0 Å². The molecular weight excluding hydrogens is 240 g/mol. The van der Waals surface area contributed by atoms with Gasteiger partial charge in [-0.3, -0.25) is 9.59 Å². The van der Waals surface area contributed by atoms with Crippen molar-refractivity contribution in [2.75, 3.05) is 0 Å². The van der Waals surface area contributed by atoms with Crippen molar-refractivity contribution < 1.29 is 14.3 Å². The smallest absolute Gasteiger partial charge is 0.317 e. The lowest BCUT2D eigenvalue weighted by atomic mass is 9.99. The fourth-order valence-corrected chi connectivity index (χ4v) is 2.62. The third-order valence-corrected chi connectivity index (χ3v) is 3.87. The molecule has 1 fully saturated rings. The first kappa shape index (κ1) is 16.2. The summed E-state index contributed by atoms with van der Waals surface area (Å²) >= 11 is 0. The van der Waals surface area contributed by atoms with Gasteiger partial charge in [0.25, 0.3) is 0 Å². The van der Waals surface area contributed by atoms with Crippen LogP contribution < -0.4 is 0 Å². The van der Waals surface area contributed by atoms with E-state index in [2.05, 4.69) is 11.7 Å². The second-order valence-electron chi connectivity index (χ2n) is 5.66. The predicted molar refractivity (Wildman–Crippen MR) is 75.7 cm³/mol. The summed E-state index contributed by atoms with van der Waals surface area (Å²) in [4.78, 5) is 22.1. The molecule has 0 radical (unpaired) electrons. The molecule has 1 atom stereocenters. The molecule has 1 aliphatic rings. The Morgan fingerprint density at radius 1 is 0.895 bits per heavy atom. The van der Waals surface area contributed by atoms with Crippen LogP contribution in [0.5, 0.6) is 0 Å². The summed E-state index contributed by atoms with van der Waals surface area (Å²) in [5.41, 5.74) is 0. The Morgan fingerprint density at radius 2 is 1.42 bits per heavy atom. The van der Waals surface area contributed by atoms with Gasteiger partial charge < -0.3 is 4.74 Å². The standard InChI is InChI=1S/C16H28O3/c1-2-3-4-5-6-7-8-9-10-11-12-14-13-15(17)19-16(14)18/h14H,2-13H2,1H3/t14-/m1/s1. The summed E-state index contributed by atoms with van der Waals surface area (Å²) in [6.07, 6.45) is 14.1. The lowest BCUT2D eigenvalue weighted by Crippen LogP contribution is -2.06. The predicted octanol–water partition coefficient (Wildman–Crippen LogP) is 4.39. The topological polar surface area (TPSA) is 43.4 Å². The van der Waals surface area contributed by atoms with Crippen molar-refractivity contribution in [3.05, 3.63) is 0 Å². The second kappa shape index (κ2) is 9.99. The summed E-state index contributed by atoms with van der Waals surface area (Å²) in [7, 11) is 0. The van der Waals surface area contributed by atoms with Gasteiger partial charge in [0.2, 0.25) is 0 Å². The van der Waals surface area contributed by atoms with E-state index in [0.717, 1.165) is 12.8 Å². The summed E-state index contributed by atoms with van der Waals surface area (Å²) < 4.78 is 4.54. The fourth-order valence-electron chi connectivity index (χ4n) is 2.62. The van der Waals surface area contributed by atoms with Gasteiger partial charge in [-0.1, -0.05) is 71.1 Å². The van der Waals surface area contributed by atoms with Crippen molar-refractivity contribution in [1.29, 1.82) is 0 Å². The number of carbonyl (C=O) groups is 2. The van der Waals surface area contributed by atoms with Crippen molar-refractivity contribution in [3.8, 4) is 0 Å². The molecule has 0 unspecified atom stereocenters. The Balaban J connectivity index is 1.84.